The molecule has 0 atom stereocenters. The lowest BCUT2D eigenvalue weighted by Crippen LogP contribution is -2.44. The third-order valence-electron chi connectivity index (χ3n) is 4.72. The Morgan fingerprint density at radius 2 is 1.71 bits per heavy atom. The van der Waals surface area contributed by atoms with Crippen LogP contribution < -0.4 is 9.64 Å². The Morgan fingerprint density at radius 3 is 2.38 bits per heavy atom. The fourth-order valence-corrected chi connectivity index (χ4v) is 3.48. The minimum absolute atomic E-state index is 0.0188. The Morgan fingerprint density at radius 1 is 1.00 bits per heavy atom. The summed E-state index contributed by atoms with van der Waals surface area (Å²) in [7, 11) is 0. The second-order valence-corrected chi connectivity index (χ2v) is 7.16. The quantitative estimate of drug-likeness (QED) is 0.727. The van der Waals surface area contributed by atoms with Gasteiger partial charge < -0.3 is 9.64 Å². The van der Waals surface area contributed by atoms with E-state index >= 15 is 0 Å². The van der Waals surface area contributed by atoms with E-state index in [0.29, 0.717) is 6.61 Å². The van der Waals surface area contributed by atoms with Crippen LogP contribution in [0.3, 0.4) is 0 Å². The fraction of sp³-hybridized carbons (Fsp3) is 0.364. The Hall–Kier alpha value is -2.22. The molecule has 1 aliphatic heterocycles. The third-order valence-corrected chi connectivity index (χ3v) is 4.72. The molecule has 0 saturated heterocycles. The minimum atomic E-state index is -0.0188. The molecule has 24 heavy (non-hydrogen) atoms. The van der Waals surface area contributed by atoms with Crippen LogP contribution in [0.15, 0.2) is 48.5 Å². The molecular formula is C22H27NO. The summed E-state index contributed by atoms with van der Waals surface area (Å²) in [6, 6.07) is 15.3. The molecule has 0 fully saturated rings. The highest BCUT2D eigenvalue weighted by Crippen LogP contribution is 2.41. The lowest BCUT2D eigenvalue weighted by molar-refractivity contribution is 0.340. The van der Waals surface area contributed by atoms with Gasteiger partial charge in [-0.15, -0.1) is 0 Å². The van der Waals surface area contributed by atoms with Crippen molar-refractivity contribution in [3.05, 3.63) is 65.2 Å². The molecule has 3 rings (SSSR count). The lowest BCUT2D eigenvalue weighted by atomic mass is 9.88. The maximum atomic E-state index is 5.69. The molecular weight excluding hydrogens is 294 g/mol. The van der Waals surface area contributed by atoms with Gasteiger partial charge in [0, 0.05) is 17.8 Å². The fourth-order valence-electron chi connectivity index (χ4n) is 3.48. The highest BCUT2D eigenvalue weighted by Gasteiger charge is 2.31. The van der Waals surface area contributed by atoms with Crippen LogP contribution in [0.5, 0.6) is 5.75 Å². The Bertz CT molecular complexity index is 756. The van der Waals surface area contributed by atoms with Crippen molar-refractivity contribution in [3.63, 3.8) is 0 Å². The predicted octanol–water partition coefficient (Wildman–Crippen LogP) is 5.60. The van der Waals surface area contributed by atoms with Crippen molar-refractivity contribution in [1.29, 1.82) is 0 Å². The largest absolute Gasteiger partial charge is 0.494 e. The van der Waals surface area contributed by atoms with Gasteiger partial charge in [-0.3, -0.25) is 0 Å². The molecule has 0 spiro atoms. The second kappa shape index (κ2) is 6.35. The molecule has 0 unspecified atom stereocenters. The van der Waals surface area contributed by atoms with E-state index in [9.17, 15) is 0 Å². The number of nitrogens with zero attached hydrogens (tertiary/aromatic N) is 1. The molecule has 2 aromatic carbocycles. The number of hydrogen-bond acceptors (Lipinski definition) is 2. The number of rotatable bonds is 4. The van der Waals surface area contributed by atoms with E-state index in [0.717, 1.165) is 12.3 Å². The maximum Gasteiger partial charge on any atom is 0.120 e. The number of allylic oxidation sites excluding steroid dienone is 1. The van der Waals surface area contributed by atoms with Gasteiger partial charge in [-0.1, -0.05) is 35.9 Å². The van der Waals surface area contributed by atoms with Gasteiger partial charge in [0.2, 0.25) is 0 Å². The highest BCUT2D eigenvalue weighted by atomic mass is 16.5. The summed E-state index contributed by atoms with van der Waals surface area (Å²) in [4.78, 5) is 2.48. The summed E-state index contributed by atoms with van der Waals surface area (Å²) in [5, 5.41) is 0. The van der Waals surface area contributed by atoms with E-state index in [-0.39, 0.29) is 5.54 Å². The van der Waals surface area contributed by atoms with Crippen molar-refractivity contribution in [1.82, 2.24) is 0 Å². The summed E-state index contributed by atoms with van der Waals surface area (Å²) in [6.07, 6.45) is 2.36. The zero-order chi connectivity index (χ0) is 17.3. The molecule has 2 aromatic rings. The van der Waals surface area contributed by atoms with Gasteiger partial charge in [-0.25, -0.2) is 0 Å². The molecule has 0 amide bonds. The summed E-state index contributed by atoms with van der Waals surface area (Å²) >= 11 is 0. The summed E-state index contributed by atoms with van der Waals surface area (Å²) < 4.78 is 5.69. The zero-order valence-electron chi connectivity index (χ0n) is 15.4. The number of fused-ring (bicyclic) bond motifs is 1. The third kappa shape index (κ3) is 3.19. The average Bonchev–Trinajstić information content (AvgIpc) is 2.53. The molecule has 0 aromatic heterocycles. The summed E-state index contributed by atoms with van der Waals surface area (Å²) in [5.74, 6) is 0.944. The first-order valence-corrected chi connectivity index (χ1v) is 8.70. The van der Waals surface area contributed by atoms with Crippen LogP contribution in [0.4, 0.5) is 5.69 Å². The molecule has 0 saturated carbocycles. The number of aryl methyl sites for hydroxylation is 1. The normalized spacial score (nSPS) is 15.7. The van der Waals surface area contributed by atoms with E-state index in [2.05, 4.69) is 81.1 Å². The van der Waals surface area contributed by atoms with Gasteiger partial charge >= 0.3 is 0 Å². The van der Waals surface area contributed by atoms with E-state index < -0.39 is 0 Å². The number of hydrogen-bond donors (Lipinski definition) is 0. The highest BCUT2D eigenvalue weighted by molar-refractivity contribution is 5.82. The average molecular weight is 321 g/mol. The molecule has 2 heteroatoms. The molecule has 1 aliphatic rings. The van der Waals surface area contributed by atoms with Crippen molar-refractivity contribution < 1.29 is 4.74 Å². The van der Waals surface area contributed by atoms with Crippen LogP contribution in [0, 0.1) is 6.92 Å². The van der Waals surface area contributed by atoms with E-state index in [1.807, 2.05) is 6.92 Å². The van der Waals surface area contributed by atoms with E-state index in [4.69, 9.17) is 4.74 Å². The molecule has 0 radical (unpaired) electrons. The number of ether oxygens (including phenoxy) is 1. The first-order valence-electron chi connectivity index (χ1n) is 8.70. The van der Waals surface area contributed by atoms with Crippen molar-refractivity contribution in [2.45, 2.75) is 46.7 Å². The Kier molecular flexibility index (Phi) is 4.40. The molecule has 1 heterocycles. The molecule has 2 nitrogen and oxygen atoms in total. The number of anilines is 1. The molecule has 126 valence electrons. The molecule has 0 bridgehead atoms. The van der Waals surface area contributed by atoms with Crippen molar-refractivity contribution in [3.8, 4) is 5.75 Å². The topological polar surface area (TPSA) is 12.5 Å². The van der Waals surface area contributed by atoms with Gasteiger partial charge in [0.05, 0.1) is 12.1 Å². The van der Waals surface area contributed by atoms with Gasteiger partial charge in [-0.05, 0) is 64.0 Å². The molecule has 0 aliphatic carbocycles. The van der Waals surface area contributed by atoms with Gasteiger partial charge in [0.25, 0.3) is 0 Å². The maximum absolute atomic E-state index is 5.69. The zero-order valence-corrected chi connectivity index (χ0v) is 15.4. The molecule has 0 N–H and O–H groups in total. The van der Waals surface area contributed by atoms with Crippen molar-refractivity contribution >= 4 is 11.3 Å². The van der Waals surface area contributed by atoms with Crippen LogP contribution in [0.25, 0.3) is 5.57 Å². The first-order chi connectivity index (χ1) is 11.4. The van der Waals surface area contributed by atoms with Crippen LogP contribution >= 0.6 is 0 Å². The lowest BCUT2D eigenvalue weighted by Gasteiger charge is -2.43. The van der Waals surface area contributed by atoms with E-state index in [1.165, 1.54) is 28.0 Å². The monoisotopic (exact) mass is 321 g/mol. The van der Waals surface area contributed by atoms with Gasteiger partial charge in [-0.2, -0.15) is 0 Å². The predicted molar refractivity (Wildman–Crippen MR) is 103 cm³/mol. The summed E-state index contributed by atoms with van der Waals surface area (Å²) in [5.41, 5.74) is 6.48. The van der Waals surface area contributed by atoms with Gasteiger partial charge in [0.1, 0.15) is 5.75 Å². The Balaban J connectivity index is 2.01. The van der Waals surface area contributed by atoms with Crippen LogP contribution in [0.1, 0.15) is 44.4 Å². The minimum Gasteiger partial charge on any atom is -0.494 e. The summed E-state index contributed by atoms with van der Waals surface area (Å²) in [6.45, 7) is 12.5. The van der Waals surface area contributed by atoms with Crippen LogP contribution in [-0.2, 0) is 6.54 Å². The second-order valence-electron chi connectivity index (χ2n) is 7.16. The standard InChI is InChI=1S/C22H27NO/c1-6-24-19-11-12-21-20(13-19)17(3)14-22(4,5)23(21)15-18-9-7-16(2)8-10-18/h7-14H,6,15H2,1-5H3. The first kappa shape index (κ1) is 16.6. The van der Waals surface area contributed by atoms with Crippen molar-refractivity contribution in [2.24, 2.45) is 0 Å². The van der Waals surface area contributed by atoms with Crippen LogP contribution in [0.2, 0.25) is 0 Å². The van der Waals surface area contributed by atoms with Crippen LogP contribution in [-0.4, -0.2) is 12.1 Å². The van der Waals surface area contributed by atoms with Crippen molar-refractivity contribution in [2.75, 3.05) is 11.5 Å². The Labute approximate surface area is 145 Å². The van der Waals surface area contributed by atoms with E-state index in [1.54, 1.807) is 0 Å². The SMILES string of the molecule is CCOc1ccc2c(c1)C(C)=CC(C)(C)N2Cc1ccc(C)cc1. The number of benzene rings is 2. The smallest absolute Gasteiger partial charge is 0.120 e. The van der Waals surface area contributed by atoms with Gasteiger partial charge in [0.15, 0.2) is 0 Å².